The molecule has 0 bridgehead atoms. The molecule has 2 aromatic heterocycles. The number of hydrogen-bond acceptors (Lipinski definition) is 3. The highest BCUT2D eigenvalue weighted by atomic mass is 16.5. The Kier molecular flexibility index (Phi) is 4.61. The monoisotopic (exact) mass is 349 g/mol. The summed E-state index contributed by atoms with van der Waals surface area (Å²) in [5.41, 5.74) is 2.60. The fourth-order valence-electron chi connectivity index (χ4n) is 3.42. The summed E-state index contributed by atoms with van der Waals surface area (Å²) in [5.74, 6) is 0.861. The van der Waals surface area contributed by atoms with Crippen LogP contribution in [0.15, 0.2) is 48.7 Å². The molecule has 1 aromatic carbocycles. The third-order valence-corrected chi connectivity index (χ3v) is 4.95. The van der Waals surface area contributed by atoms with Crippen molar-refractivity contribution in [1.82, 2.24) is 14.5 Å². The Balaban J connectivity index is 1.44. The molecule has 26 heavy (non-hydrogen) atoms. The van der Waals surface area contributed by atoms with Crippen LogP contribution in [-0.4, -0.2) is 40.1 Å². The summed E-state index contributed by atoms with van der Waals surface area (Å²) < 4.78 is 7.99. The number of ether oxygens (including phenoxy) is 1. The fourth-order valence-corrected chi connectivity index (χ4v) is 3.42. The van der Waals surface area contributed by atoms with Crippen LogP contribution in [0.4, 0.5) is 0 Å². The average Bonchev–Trinajstić information content (AvgIpc) is 3.33. The third kappa shape index (κ3) is 3.43. The molecule has 0 radical (unpaired) electrons. The second kappa shape index (κ2) is 7.20. The van der Waals surface area contributed by atoms with Crippen LogP contribution in [0.3, 0.4) is 0 Å². The zero-order valence-corrected chi connectivity index (χ0v) is 15.0. The average molecular weight is 349 g/mol. The lowest BCUT2D eigenvalue weighted by molar-refractivity contribution is 0.0787. The Hall–Kier alpha value is -2.82. The standard InChI is InChI=1S/C21H23N3O2/c1-23-11-4-5-17(23)10-14-26-18-7-9-19-16(15-18)6-8-20(22-19)21(25)24-12-2-3-13-24/h4-9,11,15H,2-3,10,12-14H2,1H3. The van der Waals surface area contributed by atoms with Crippen LogP contribution in [-0.2, 0) is 13.5 Å². The van der Waals surface area contributed by atoms with E-state index in [9.17, 15) is 4.79 Å². The molecule has 0 saturated carbocycles. The Morgan fingerprint density at radius 2 is 2.00 bits per heavy atom. The van der Waals surface area contributed by atoms with Crippen LogP contribution in [0.1, 0.15) is 29.0 Å². The molecule has 0 atom stereocenters. The van der Waals surface area contributed by atoms with E-state index in [0.717, 1.165) is 49.0 Å². The van der Waals surface area contributed by atoms with Gasteiger partial charge < -0.3 is 14.2 Å². The molecule has 0 aliphatic carbocycles. The van der Waals surface area contributed by atoms with Gasteiger partial charge in [-0.2, -0.15) is 0 Å². The number of likely N-dealkylation sites (tertiary alicyclic amines) is 1. The molecule has 4 rings (SSSR count). The highest BCUT2D eigenvalue weighted by Gasteiger charge is 2.20. The third-order valence-electron chi connectivity index (χ3n) is 4.95. The number of hydrogen-bond donors (Lipinski definition) is 0. The van der Waals surface area contributed by atoms with Gasteiger partial charge in [0.2, 0.25) is 0 Å². The zero-order chi connectivity index (χ0) is 17.9. The van der Waals surface area contributed by atoms with E-state index in [4.69, 9.17) is 4.74 Å². The van der Waals surface area contributed by atoms with Crippen molar-refractivity contribution in [2.24, 2.45) is 7.05 Å². The predicted octanol–water partition coefficient (Wildman–Crippen LogP) is 3.43. The minimum atomic E-state index is 0.0345. The molecule has 0 N–H and O–H groups in total. The number of amides is 1. The van der Waals surface area contributed by atoms with Gasteiger partial charge in [-0.15, -0.1) is 0 Å². The van der Waals surface area contributed by atoms with E-state index in [2.05, 4.69) is 15.6 Å². The Morgan fingerprint density at radius 3 is 2.77 bits per heavy atom. The van der Waals surface area contributed by atoms with Crippen LogP contribution in [0, 0.1) is 0 Å². The van der Waals surface area contributed by atoms with Crippen LogP contribution < -0.4 is 4.74 Å². The van der Waals surface area contributed by atoms with Crippen LogP contribution in [0.25, 0.3) is 10.9 Å². The summed E-state index contributed by atoms with van der Waals surface area (Å²) in [6.07, 6.45) is 5.08. The summed E-state index contributed by atoms with van der Waals surface area (Å²) in [5, 5.41) is 0.985. The van der Waals surface area contributed by atoms with E-state index in [-0.39, 0.29) is 5.91 Å². The number of benzene rings is 1. The molecule has 0 spiro atoms. The number of aryl methyl sites for hydroxylation is 1. The van der Waals surface area contributed by atoms with E-state index in [1.807, 2.05) is 54.5 Å². The summed E-state index contributed by atoms with van der Waals surface area (Å²) in [6.45, 7) is 2.31. The van der Waals surface area contributed by atoms with Crippen molar-refractivity contribution in [3.8, 4) is 5.75 Å². The zero-order valence-electron chi connectivity index (χ0n) is 15.0. The lowest BCUT2D eigenvalue weighted by Crippen LogP contribution is -2.28. The lowest BCUT2D eigenvalue weighted by atomic mass is 10.2. The minimum absolute atomic E-state index is 0.0345. The molecule has 1 aliphatic heterocycles. The maximum atomic E-state index is 12.5. The van der Waals surface area contributed by atoms with Crippen molar-refractivity contribution >= 4 is 16.8 Å². The number of carbonyl (C=O) groups is 1. The van der Waals surface area contributed by atoms with Crippen LogP contribution in [0.5, 0.6) is 5.75 Å². The van der Waals surface area contributed by atoms with Crippen molar-refractivity contribution < 1.29 is 9.53 Å². The maximum absolute atomic E-state index is 12.5. The lowest BCUT2D eigenvalue weighted by Gasteiger charge is -2.14. The first-order valence-corrected chi connectivity index (χ1v) is 9.14. The van der Waals surface area contributed by atoms with Gasteiger partial charge in [0, 0.05) is 43.8 Å². The first kappa shape index (κ1) is 16.6. The summed E-state index contributed by atoms with van der Waals surface area (Å²) in [7, 11) is 2.04. The maximum Gasteiger partial charge on any atom is 0.272 e. The van der Waals surface area contributed by atoms with Gasteiger partial charge in [-0.3, -0.25) is 4.79 Å². The molecule has 1 amide bonds. The number of carbonyl (C=O) groups excluding carboxylic acids is 1. The first-order chi connectivity index (χ1) is 12.7. The molecule has 5 nitrogen and oxygen atoms in total. The SMILES string of the molecule is Cn1cccc1CCOc1ccc2nc(C(=O)N3CCCC3)ccc2c1. The number of nitrogens with zero attached hydrogens (tertiary/aromatic N) is 3. The quantitative estimate of drug-likeness (QED) is 0.709. The summed E-state index contributed by atoms with van der Waals surface area (Å²) in [4.78, 5) is 18.9. The number of rotatable bonds is 5. The van der Waals surface area contributed by atoms with E-state index >= 15 is 0 Å². The van der Waals surface area contributed by atoms with Gasteiger partial charge >= 0.3 is 0 Å². The van der Waals surface area contributed by atoms with Crippen molar-refractivity contribution in [3.05, 3.63) is 60.0 Å². The second-order valence-corrected chi connectivity index (χ2v) is 6.76. The van der Waals surface area contributed by atoms with E-state index < -0.39 is 0 Å². The molecule has 5 heteroatoms. The Bertz CT molecular complexity index is 926. The van der Waals surface area contributed by atoms with Crippen molar-refractivity contribution in [2.45, 2.75) is 19.3 Å². The molecule has 1 fully saturated rings. The minimum Gasteiger partial charge on any atom is -0.493 e. The number of fused-ring (bicyclic) bond motifs is 1. The first-order valence-electron chi connectivity index (χ1n) is 9.14. The van der Waals surface area contributed by atoms with E-state index in [1.54, 1.807) is 0 Å². The van der Waals surface area contributed by atoms with Gasteiger partial charge in [-0.25, -0.2) is 4.98 Å². The molecular weight excluding hydrogens is 326 g/mol. The number of aromatic nitrogens is 2. The largest absolute Gasteiger partial charge is 0.493 e. The smallest absolute Gasteiger partial charge is 0.272 e. The summed E-state index contributed by atoms with van der Waals surface area (Å²) in [6, 6.07) is 13.7. The predicted molar refractivity (Wildman–Crippen MR) is 101 cm³/mol. The normalized spacial score (nSPS) is 14.1. The van der Waals surface area contributed by atoms with Crippen LogP contribution >= 0.6 is 0 Å². The molecule has 1 aliphatic rings. The van der Waals surface area contributed by atoms with Gasteiger partial charge in [-0.1, -0.05) is 6.07 Å². The highest BCUT2D eigenvalue weighted by Crippen LogP contribution is 2.21. The van der Waals surface area contributed by atoms with Gasteiger partial charge in [0.25, 0.3) is 5.91 Å². The highest BCUT2D eigenvalue weighted by molar-refractivity contribution is 5.95. The van der Waals surface area contributed by atoms with Crippen molar-refractivity contribution in [2.75, 3.05) is 19.7 Å². The van der Waals surface area contributed by atoms with E-state index in [0.29, 0.717) is 12.3 Å². The second-order valence-electron chi connectivity index (χ2n) is 6.76. The molecule has 0 unspecified atom stereocenters. The molecule has 3 aromatic rings. The Morgan fingerprint density at radius 1 is 1.15 bits per heavy atom. The topological polar surface area (TPSA) is 47.4 Å². The molecule has 134 valence electrons. The molecule has 1 saturated heterocycles. The molecular formula is C21H23N3O2. The van der Waals surface area contributed by atoms with Gasteiger partial charge in [-0.05, 0) is 49.2 Å². The van der Waals surface area contributed by atoms with Crippen molar-refractivity contribution in [3.63, 3.8) is 0 Å². The molecule has 3 heterocycles. The fraction of sp³-hybridized carbons (Fsp3) is 0.333. The van der Waals surface area contributed by atoms with Crippen molar-refractivity contribution in [1.29, 1.82) is 0 Å². The van der Waals surface area contributed by atoms with Gasteiger partial charge in [0.1, 0.15) is 11.4 Å². The Labute approximate surface area is 153 Å². The van der Waals surface area contributed by atoms with Gasteiger partial charge in [0.15, 0.2) is 0 Å². The van der Waals surface area contributed by atoms with E-state index in [1.165, 1.54) is 5.69 Å². The summed E-state index contributed by atoms with van der Waals surface area (Å²) >= 11 is 0. The number of pyridine rings is 1. The van der Waals surface area contributed by atoms with Gasteiger partial charge in [0.05, 0.1) is 12.1 Å². The van der Waals surface area contributed by atoms with Crippen LogP contribution in [0.2, 0.25) is 0 Å².